The summed E-state index contributed by atoms with van der Waals surface area (Å²) in [5.74, 6) is 5.99. The molecule has 1 aromatic carbocycles. The smallest absolute Gasteiger partial charge is 0.222 e. The normalized spacial score (nSPS) is 20.3. The molecule has 0 bridgehead atoms. The zero-order valence-electron chi connectivity index (χ0n) is 13.6. The van der Waals surface area contributed by atoms with E-state index < -0.39 is 12.1 Å². The van der Waals surface area contributed by atoms with E-state index in [9.17, 15) is 4.39 Å². The molecule has 6 heteroatoms. The first kappa shape index (κ1) is 17.6. The van der Waals surface area contributed by atoms with Crippen LogP contribution in [0, 0.1) is 23.6 Å². The third-order valence-electron chi connectivity index (χ3n) is 3.55. The van der Waals surface area contributed by atoms with Gasteiger partial charge in [0.25, 0.3) is 0 Å². The molecule has 0 saturated carbocycles. The zero-order chi connectivity index (χ0) is 17.6. The Kier molecular flexibility index (Phi) is 5.77. The molecule has 2 heterocycles. The van der Waals surface area contributed by atoms with Crippen LogP contribution in [-0.2, 0) is 9.47 Å². The van der Waals surface area contributed by atoms with E-state index in [-0.39, 0.29) is 10.9 Å². The number of nitrogens with zero attached hydrogens (tertiary/aromatic N) is 2. The second-order valence-corrected chi connectivity index (χ2v) is 5.89. The second-order valence-electron chi connectivity index (χ2n) is 5.48. The minimum Gasteiger partial charge on any atom is -0.341 e. The van der Waals surface area contributed by atoms with Crippen LogP contribution in [0.2, 0.25) is 5.02 Å². The van der Waals surface area contributed by atoms with Crippen LogP contribution in [0.3, 0.4) is 0 Å². The lowest BCUT2D eigenvalue weighted by Gasteiger charge is -2.24. The molecular formula is C19H16ClFN2O2. The molecule has 0 atom stereocenters. The highest BCUT2D eigenvalue weighted by Crippen LogP contribution is 2.21. The third-order valence-corrected chi connectivity index (χ3v) is 3.86. The van der Waals surface area contributed by atoms with Crippen molar-refractivity contribution < 1.29 is 13.9 Å². The monoisotopic (exact) mass is 358 g/mol. The molecule has 1 aliphatic heterocycles. The van der Waals surface area contributed by atoms with Crippen LogP contribution in [0.15, 0.2) is 42.7 Å². The van der Waals surface area contributed by atoms with Crippen LogP contribution in [0.25, 0.3) is 11.4 Å². The van der Waals surface area contributed by atoms with Gasteiger partial charge in [0.05, 0.1) is 23.8 Å². The van der Waals surface area contributed by atoms with Crippen LogP contribution < -0.4 is 0 Å². The molecule has 0 N–H and O–H groups in total. The van der Waals surface area contributed by atoms with E-state index in [2.05, 4.69) is 27.9 Å². The van der Waals surface area contributed by atoms with E-state index in [1.54, 1.807) is 18.5 Å². The number of aromatic nitrogens is 2. The zero-order valence-corrected chi connectivity index (χ0v) is 14.3. The number of halogens is 2. The van der Waals surface area contributed by atoms with Crippen LogP contribution in [-0.4, -0.2) is 29.5 Å². The summed E-state index contributed by atoms with van der Waals surface area (Å²) >= 11 is 5.67. The van der Waals surface area contributed by atoms with E-state index in [0.29, 0.717) is 30.2 Å². The lowest BCUT2D eigenvalue weighted by Crippen LogP contribution is -2.30. The van der Waals surface area contributed by atoms with Crippen molar-refractivity contribution in [3.8, 4) is 23.2 Å². The fourth-order valence-electron chi connectivity index (χ4n) is 2.30. The van der Waals surface area contributed by atoms with Crippen LogP contribution >= 0.6 is 11.6 Å². The fourth-order valence-corrected chi connectivity index (χ4v) is 2.42. The van der Waals surface area contributed by atoms with E-state index in [1.165, 1.54) is 12.1 Å². The summed E-state index contributed by atoms with van der Waals surface area (Å²) in [7, 11) is 0. The van der Waals surface area contributed by atoms with Crippen LogP contribution in [0.4, 0.5) is 4.39 Å². The van der Waals surface area contributed by atoms with Crippen molar-refractivity contribution in [1.29, 1.82) is 0 Å². The maximum Gasteiger partial charge on any atom is 0.222 e. The second kappa shape index (κ2) is 8.21. The molecule has 0 spiro atoms. The van der Waals surface area contributed by atoms with E-state index >= 15 is 0 Å². The quantitative estimate of drug-likeness (QED) is 0.604. The number of hydrogen-bond donors (Lipinski definition) is 0. The van der Waals surface area contributed by atoms with Crippen molar-refractivity contribution in [3.63, 3.8) is 0 Å². The Morgan fingerprint density at radius 1 is 1.24 bits per heavy atom. The van der Waals surface area contributed by atoms with Crippen LogP contribution in [0.1, 0.15) is 12.5 Å². The molecule has 1 aliphatic rings. The molecule has 0 aliphatic carbocycles. The predicted molar refractivity (Wildman–Crippen MR) is 93.3 cm³/mol. The van der Waals surface area contributed by atoms with Gasteiger partial charge in [-0.15, -0.1) is 0 Å². The topological polar surface area (TPSA) is 44.2 Å². The van der Waals surface area contributed by atoms with Gasteiger partial charge in [0.15, 0.2) is 5.82 Å². The number of hydrogen-bond acceptors (Lipinski definition) is 4. The van der Waals surface area contributed by atoms with E-state index in [0.717, 1.165) is 0 Å². The SMILES string of the molecule is CC=C[C@H]1CO[C@H](C#Cc2cnc(-c3ccc(Cl)c(F)c3)nc2)OC1. The lowest BCUT2D eigenvalue weighted by atomic mass is 10.1. The Morgan fingerprint density at radius 3 is 2.60 bits per heavy atom. The summed E-state index contributed by atoms with van der Waals surface area (Å²) in [5, 5.41) is 0.0652. The first-order chi connectivity index (χ1) is 12.2. The Hall–Kier alpha value is -2.26. The van der Waals surface area contributed by atoms with Gasteiger partial charge in [0.2, 0.25) is 6.29 Å². The molecule has 2 aromatic rings. The van der Waals surface area contributed by atoms with Gasteiger partial charge in [-0.05, 0) is 31.0 Å². The summed E-state index contributed by atoms with van der Waals surface area (Å²) in [6.07, 6.45) is 6.64. The van der Waals surface area contributed by atoms with Gasteiger partial charge < -0.3 is 9.47 Å². The predicted octanol–water partition coefficient (Wildman–Crippen LogP) is 3.85. The van der Waals surface area contributed by atoms with Gasteiger partial charge in [0, 0.05) is 23.9 Å². The highest BCUT2D eigenvalue weighted by molar-refractivity contribution is 6.30. The van der Waals surface area contributed by atoms with Gasteiger partial charge in [0.1, 0.15) is 5.82 Å². The molecule has 128 valence electrons. The van der Waals surface area contributed by atoms with Crippen molar-refractivity contribution >= 4 is 11.6 Å². The van der Waals surface area contributed by atoms with Crippen molar-refractivity contribution in [2.75, 3.05) is 13.2 Å². The molecule has 0 unspecified atom stereocenters. The van der Waals surface area contributed by atoms with E-state index in [4.69, 9.17) is 21.1 Å². The Labute approximate surface area is 150 Å². The molecule has 0 amide bonds. The Balaban J connectivity index is 1.65. The molecular weight excluding hydrogens is 343 g/mol. The minimum atomic E-state index is -0.549. The highest BCUT2D eigenvalue weighted by Gasteiger charge is 2.18. The van der Waals surface area contributed by atoms with Gasteiger partial charge in [-0.25, -0.2) is 14.4 Å². The van der Waals surface area contributed by atoms with Crippen molar-refractivity contribution in [2.24, 2.45) is 5.92 Å². The molecule has 1 saturated heterocycles. The average Bonchev–Trinajstić information content (AvgIpc) is 2.64. The first-order valence-electron chi connectivity index (χ1n) is 7.80. The number of rotatable bonds is 2. The van der Waals surface area contributed by atoms with Crippen LogP contribution in [0.5, 0.6) is 0 Å². The van der Waals surface area contributed by atoms with Crippen molar-refractivity contribution in [3.05, 3.63) is 59.1 Å². The highest BCUT2D eigenvalue weighted by atomic mass is 35.5. The molecule has 25 heavy (non-hydrogen) atoms. The standard InChI is InChI=1S/C19H16ClFN2O2/c1-2-3-14-11-24-18(25-12-14)7-4-13-9-22-19(23-10-13)15-5-6-16(20)17(21)8-15/h2-3,5-6,8-10,14,18H,11-12H2,1H3/t14-,18-. The molecule has 1 fully saturated rings. The molecule has 4 nitrogen and oxygen atoms in total. The number of benzene rings is 1. The summed E-state index contributed by atoms with van der Waals surface area (Å²) < 4.78 is 24.6. The van der Waals surface area contributed by atoms with Crippen molar-refractivity contribution in [2.45, 2.75) is 13.2 Å². The molecule has 3 rings (SSSR count). The third kappa shape index (κ3) is 4.64. The maximum absolute atomic E-state index is 13.5. The average molecular weight is 359 g/mol. The van der Waals surface area contributed by atoms with Gasteiger partial charge >= 0.3 is 0 Å². The fraction of sp³-hybridized carbons (Fsp3) is 0.263. The Bertz CT molecular complexity index is 820. The maximum atomic E-state index is 13.5. The minimum absolute atomic E-state index is 0.0652. The lowest BCUT2D eigenvalue weighted by molar-refractivity contribution is -0.160. The largest absolute Gasteiger partial charge is 0.341 e. The van der Waals surface area contributed by atoms with Gasteiger partial charge in [-0.3, -0.25) is 0 Å². The Morgan fingerprint density at radius 2 is 1.96 bits per heavy atom. The summed E-state index contributed by atoms with van der Waals surface area (Å²) in [6, 6.07) is 4.44. The summed E-state index contributed by atoms with van der Waals surface area (Å²) in [4.78, 5) is 8.41. The van der Waals surface area contributed by atoms with Gasteiger partial charge in [-0.1, -0.05) is 29.7 Å². The number of allylic oxidation sites excluding steroid dienone is 1. The molecule has 1 aromatic heterocycles. The van der Waals surface area contributed by atoms with E-state index in [1.807, 2.05) is 13.0 Å². The summed E-state index contributed by atoms with van der Waals surface area (Å²) in [5.41, 5.74) is 1.18. The molecule has 0 radical (unpaired) electrons. The van der Waals surface area contributed by atoms with Gasteiger partial charge in [-0.2, -0.15) is 0 Å². The summed E-state index contributed by atoms with van der Waals surface area (Å²) in [6.45, 7) is 3.14. The van der Waals surface area contributed by atoms with Crippen molar-refractivity contribution in [1.82, 2.24) is 9.97 Å². The number of ether oxygens (including phenoxy) is 2. The first-order valence-corrected chi connectivity index (χ1v) is 8.18.